The fraction of sp³-hybridized carbons (Fsp3) is 0.500. The molecule has 3 heteroatoms. The Morgan fingerprint density at radius 3 is 2.71 bits per heavy atom. The van der Waals surface area contributed by atoms with Crippen molar-refractivity contribution in [2.24, 2.45) is 0 Å². The minimum absolute atomic E-state index is 0.0480. The maximum absolute atomic E-state index is 11.6. The summed E-state index contributed by atoms with van der Waals surface area (Å²) in [6.45, 7) is 4.83. The van der Waals surface area contributed by atoms with E-state index in [1.165, 1.54) is 11.1 Å². The molecule has 92 valence electrons. The van der Waals surface area contributed by atoms with E-state index < -0.39 is 0 Å². The highest BCUT2D eigenvalue weighted by Crippen LogP contribution is 2.21. The highest BCUT2D eigenvalue weighted by Gasteiger charge is 2.34. The van der Waals surface area contributed by atoms with Crippen LogP contribution in [0.3, 0.4) is 0 Å². The zero-order valence-electron chi connectivity index (χ0n) is 10.6. The van der Waals surface area contributed by atoms with Crippen molar-refractivity contribution in [1.29, 1.82) is 0 Å². The van der Waals surface area contributed by atoms with Gasteiger partial charge in [-0.25, -0.2) is 0 Å². The van der Waals surface area contributed by atoms with Gasteiger partial charge >= 0.3 is 5.97 Å². The fourth-order valence-electron chi connectivity index (χ4n) is 2.26. The molecule has 17 heavy (non-hydrogen) atoms. The first kappa shape index (κ1) is 12.1. The highest BCUT2D eigenvalue weighted by molar-refractivity contribution is 5.77. The van der Waals surface area contributed by atoms with Gasteiger partial charge in [0.05, 0.1) is 0 Å². The van der Waals surface area contributed by atoms with Crippen LogP contribution in [0.2, 0.25) is 0 Å². The van der Waals surface area contributed by atoms with Crippen LogP contribution in [0.5, 0.6) is 0 Å². The van der Waals surface area contributed by atoms with Crippen molar-refractivity contribution in [1.82, 2.24) is 4.90 Å². The van der Waals surface area contributed by atoms with Crippen molar-refractivity contribution in [2.45, 2.75) is 39.0 Å². The summed E-state index contributed by atoms with van der Waals surface area (Å²) in [6, 6.07) is 8.18. The van der Waals surface area contributed by atoms with Crippen LogP contribution < -0.4 is 0 Å². The summed E-state index contributed by atoms with van der Waals surface area (Å²) in [5.74, 6) is -0.0893. The Morgan fingerprint density at radius 2 is 2.12 bits per heavy atom. The van der Waals surface area contributed by atoms with Crippen molar-refractivity contribution in [3.63, 3.8) is 0 Å². The van der Waals surface area contributed by atoms with Crippen molar-refractivity contribution in [3.8, 4) is 0 Å². The Hall–Kier alpha value is -1.35. The van der Waals surface area contributed by atoms with Crippen LogP contribution in [0, 0.1) is 6.92 Å². The fourth-order valence-corrected chi connectivity index (χ4v) is 2.26. The topological polar surface area (TPSA) is 29.5 Å². The van der Waals surface area contributed by atoms with Gasteiger partial charge in [0.1, 0.15) is 12.1 Å². The van der Waals surface area contributed by atoms with E-state index in [-0.39, 0.29) is 18.1 Å². The molecule has 0 aliphatic carbocycles. The molecule has 1 saturated heterocycles. The summed E-state index contributed by atoms with van der Waals surface area (Å²) >= 11 is 0. The van der Waals surface area contributed by atoms with Crippen LogP contribution in [0.25, 0.3) is 0 Å². The number of benzene rings is 1. The minimum atomic E-state index is -0.0930. The van der Waals surface area contributed by atoms with E-state index in [9.17, 15) is 4.79 Å². The number of cyclic esters (lactones) is 1. The average molecular weight is 233 g/mol. The number of esters is 1. The summed E-state index contributed by atoms with van der Waals surface area (Å²) in [7, 11) is 1.98. The predicted octanol–water partition coefficient (Wildman–Crippen LogP) is 2.13. The molecule has 0 aromatic heterocycles. The van der Waals surface area contributed by atoms with Crippen LogP contribution in [-0.2, 0) is 16.1 Å². The van der Waals surface area contributed by atoms with E-state index in [0.717, 1.165) is 13.0 Å². The average Bonchev–Trinajstić information content (AvgIpc) is 2.61. The van der Waals surface area contributed by atoms with Crippen LogP contribution >= 0.6 is 0 Å². The number of ether oxygens (including phenoxy) is 1. The van der Waals surface area contributed by atoms with Gasteiger partial charge in [-0.15, -0.1) is 0 Å². The predicted molar refractivity (Wildman–Crippen MR) is 66.6 cm³/mol. The second-order valence-electron chi connectivity index (χ2n) is 4.84. The zero-order valence-corrected chi connectivity index (χ0v) is 10.6. The molecule has 0 spiro atoms. The number of carbonyl (C=O) groups excluding carboxylic acids is 1. The Morgan fingerprint density at radius 1 is 1.41 bits per heavy atom. The molecule has 1 fully saturated rings. The minimum Gasteiger partial charge on any atom is -0.461 e. The van der Waals surface area contributed by atoms with E-state index in [4.69, 9.17) is 4.74 Å². The van der Waals surface area contributed by atoms with Gasteiger partial charge in [-0.2, -0.15) is 0 Å². The molecule has 1 aromatic carbocycles. The van der Waals surface area contributed by atoms with Gasteiger partial charge in [0.15, 0.2) is 0 Å². The van der Waals surface area contributed by atoms with Crippen LogP contribution in [0.15, 0.2) is 24.3 Å². The Bertz CT molecular complexity index is 416. The number of rotatable bonds is 3. The molecule has 3 nitrogen and oxygen atoms in total. The molecule has 2 atom stereocenters. The van der Waals surface area contributed by atoms with Crippen molar-refractivity contribution < 1.29 is 9.53 Å². The van der Waals surface area contributed by atoms with Gasteiger partial charge in [-0.1, -0.05) is 24.3 Å². The summed E-state index contributed by atoms with van der Waals surface area (Å²) in [5.41, 5.74) is 2.53. The molecule has 1 aliphatic rings. The SMILES string of the molecule is Cc1ccccc1CN(C)C1CC(C)OC1=O. The first-order valence-electron chi connectivity index (χ1n) is 6.03. The molecule has 0 radical (unpaired) electrons. The van der Waals surface area contributed by atoms with Crippen LogP contribution in [0.4, 0.5) is 0 Å². The van der Waals surface area contributed by atoms with E-state index >= 15 is 0 Å². The standard InChI is InChI=1S/C14H19NO2/c1-10-6-4-5-7-12(10)9-15(3)13-8-11(2)17-14(13)16/h4-7,11,13H,8-9H2,1-3H3. The summed E-state index contributed by atoms with van der Waals surface area (Å²) < 4.78 is 5.18. The largest absolute Gasteiger partial charge is 0.461 e. The molecule has 0 amide bonds. The lowest BCUT2D eigenvalue weighted by Gasteiger charge is -2.21. The number of carbonyl (C=O) groups is 1. The van der Waals surface area contributed by atoms with E-state index in [1.54, 1.807) is 0 Å². The van der Waals surface area contributed by atoms with Gasteiger partial charge in [-0.3, -0.25) is 9.69 Å². The molecule has 0 N–H and O–H groups in total. The number of nitrogens with zero attached hydrogens (tertiary/aromatic N) is 1. The number of aryl methyl sites for hydroxylation is 1. The second kappa shape index (κ2) is 4.88. The molecule has 0 saturated carbocycles. The molecule has 1 aliphatic heterocycles. The lowest BCUT2D eigenvalue weighted by molar-refractivity contribution is -0.144. The normalized spacial score (nSPS) is 24.1. The smallest absolute Gasteiger partial charge is 0.323 e. The van der Waals surface area contributed by atoms with Crippen LogP contribution in [-0.4, -0.2) is 30.1 Å². The van der Waals surface area contributed by atoms with Gasteiger partial charge in [-0.05, 0) is 32.0 Å². The lowest BCUT2D eigenvalue weighted by Crippen LogP contribution is -2.34. The second-order valence-corrected chi connectivity index (χ2v) is 4.84. The van der Waals surface area contributed by atoms with Gasteiger partial charge in [0.2, 0.25) is 0 Å². The first-order chi connectivity index (χ1) is 8.08. The number of hydrogen-bond acceptors (Lipinski definition) is 3. The third kappa shape index (κ3) is 2.67. The van der Waals surface area contributed by atoms with Crippen molar-refractivity contribution in [3.05, 3.63) is 35.4 Å². The van der Waals surface area contributed by atoms with Crippen molar-refractivity contribution in [2.75, 3.05) is 7.05 Å². The number of hydrogen-bond donors (Lipinski definition) is 0. The monoisotopic (exact) mass is 233 g/mol. The molecular formula is C14H19NO2. The van der Waals surface area contributed by atoms with Crippen molar-refractivity contribution >= 4 is 5.97 Å². The van der Waals surface area contributed by atoms with E-state index in [2.05, 4.69) is 24.0 Å². The van der Waals surface area contributed by atoms with Gasteiger partial charge < -0.3 is 4.74 Å². The lowest BCUT2D eigenvalue weighted by atomic mass is 10.1. The highest BCUT2D eigenvalue weighted by atomic mass is 16.6. The molecule has 1 heterocycles. The van der Waals surface area contributed by atoms with Crippen LogP contribution in [0.1, 0.15) is 24.5 Å². The van der Waals surface area contributed by atoms with Gasteiger partial charge in [0.25, 0.3) is 0 Å². The molecule has 2 rings (SSSR count). The van der Waals surface area contributed by atoms with E-state index in [1.807, 2.05) is 26.1 Å². The third-order valence-corrected chi connectivity index (χ3v) is 3.36. The summed E-state index contributed by atoms with van der Waals surface area (Å²) in [4.78, 5) is 13.7. The summed E-state index contributed by atoms with van der Waals surface area (Å²) in [5, 5.41) is 0. The zero-order chi connectivity index (χ0) is 12.4. The van der Waals surface area contributed by atoms with E-state index in [0.29, 0.717) is 0 Å². The summed E-state index contributed by atoms with van der Waals surface area (Å²) in [6.07, 6.45) is 0.841. The third-order valence-electron chi connectivity index (χ3n) is 3.36. The molecular weight excluding hydrogens is 214 g/mol. The molecule has 2 unspecified atom stereocenters. The first-order valence-corrected chi connectivity index (χ1v) is 6.03. The quantitative estimate of drug-likeness (QED) is 0.749. The molecule has 0 bridgehead atoms. The van der Waals surface area contributed by atoms with Gasteiger partial charge in [0, 0.05) is 13.0 Å². The number of likely N-dealkylation sites (N-methyl/N-ethyl adjacent to an activating group) is 1. The maximum Gasteiger partial charge on any atom is 0.323 e. The Kier molecular flexibility index (Phi) is 3.48. The Balaban J connectivity index is 2.05. The molecule has 1 aromatic rings. The Labute approximate surface area is 102 Å². The maximum atomic E-state index is 11.6.